The Balaban J connectivity index is 2.65. The molecule has 15 heavy (non-hydrogen) atoms. The number of carboxylic acid groups (broad SMARTS) is 1. The summed E-state index contributed by atoms with van der Waals surface area (Å²) >= 11 is 0. The zero-order valence-electron chi connectivity index (χ0n) is 8.95. The smallest absolute Gasteiger partial charge is 0.341 e. The third-order valence-electron chi connectivity index (χ3n) is 3.08. The van der Waals surface area contributed by atoms with Gasteiger partial charge >= 0.3 is 5.97 Å². The topological polar surface area (TPSA) is 60.8 Å². The molecule has 0 radical (unpaired) electrons. The molecule has 1 rings (SSSR count). The second-order valence-corrected chi connectivity index (χ2v) is 4.09. The molecule has 0 aliphatic carbocycles. The number of aliphatic carboxylic acids is 1. The Hall–Kier alpha value is -0.680. The van der Waals surface area contributed by atoms with E-state index in [9.17, 15) is 14.3 Å². The molecule has 0 spiro atoms. The van der Waals surface area contributed by atoms with Crippen molar-refractivity contribution in [3.63, 3.8) is 0 Å². The van der Waals surface area contributed by atoms with Crippen LogP contribution in [0.15, 0.2) is 0 Å². The van der Waals surface area contributed by atoms with E-state index in [1.807, 2.05) is 6.92 Å². The van der Waals surface area contributed by atoms with E-state index in [2.05, 4.69) is 4.90 Å². The van der Waals surface area contributed by atoms with Gasteiger partial charge in [-0.2, -0.15) is 0 Å². The SMILES string of the molecule is CCN1CCCC(O)(C(F)C(=O)O)CC1. The zero-order valence-corrected chi connectivity index (χ0v) is 8.95. The van der Waals surface area contributed by atoms with Crippen LogP contribution in [0.1, 0.15) is 26.2 Å². The van der Waals surface area contributed by atoms with Gasteiger partial charge in [0.25, 0.3) is 0 Å². The molecule has 1 aliphatic rings. The molecule has 2 unspecified atom stereocenters. The monoisotopic (exact) mass is 219 g/mol. The maximum Gasteiger partial charge on any atom is 0.341 e. The molecule has 88 valence electrons. The van der Waals surface area contributed by atoms with Crippen LogP contribution in [0.25, 0.3) is 0 Å². The predicted molar refractivity (Wildman–Crippen MR) is 53.4 cm³/mol. The highest BCUT2D eigenvalue weighted by Gasteiger charge is 2.42. The molecule has 1 heterocycles. The lowest BCUT2D eigenvalue weighted by atomic mass is 9.89. The van der Waals surface area contributed by atoms with E-state index in [4.69, 9.17) is 5.11 Å². The molecule has 0 aromatic rings. The minimum atomic E-state index is -2.17. The zero-order chi connectivity index (χ0) is 11.5. The van der Waals surface area contributed by atoms with Gasteiger partial charge in [0, 0.05) is 6.54 Å². The predicted octanol–water partition coefficient (Wildman–Crippen LogP) is 0.646. The van der Waals surface area contributed by atoms with Crippen LogP contribution in [0.5, 0.6) is 0 Å². The van der Waals surface area contributed by atoms with Crippen LogP contribution in [-0.4, -0.2) is 52.5 Å². The van der Waals surface area contributed by atoms with E-state index in [1.165, 1.54) is 0 Å². The van der Waals surface area contributed by atoms with Crippen LogP contribution in [0.4, 0.5) is 4.39 Å². The summed E-state index contributed by atoms with van der Waals surface area (Å²) in [5.41, 5.74) is -1.68. The molecule has 0 saturated carbocycles. The first-order valence-electron chi connectivity index (χ1n) is 5.31. The average Bonchev–Trinajstić information content (AvgIpc) is 2.40. The van der Waals surface area contributed by atoms with Crippen LogP contribution in [-0.2, 0) is 4.79 Å². The van der Waals surface area contributed by atoms with Gasteiger partial charge in [0.05, 0.1) is 0 Å². The second kappa shape index (κ2) is 4.90. The lowest BCUT2D eigenvalue weighted by Crippen LogP contribution is -2.45. The largest absolute Gasteiger partial charge is 0.479 e. The van der Waals surface area contributed by atoms with E-state index in [0.717, 1.165) is 13.1 Å². The minimum Gasteiger partial charge on any atom is -0.479 e. The van der Waals surface area contributed by atoms with Crippen molar-refractivity contribution in [1.82, 2.24) is 4.90 Å². The molecule has 1 fully saturated rings. The number of carboxylic acids is 1. The number of hydrogen-bond donors (Lipinski definition) is 2. The van der Waals surface area contributed by atoms with Gasteiger partial charge < -0.3 is 15.1 Å². The van der Waals surface area contributed by atoms with Crippen molar-refractivity contribution in [2.24, 2.45) is 0 Å². The summed E-state index contributed by atoms with van der Waals surface area (Å²) in [5, 5.41) is 18.5. The quantitative estimate of drug-likeness (QED) is 0.731. The Kier molecular flexibility index (Phi) is 4.04. The summed E-state index contributed by atoms with van der Waals surface area (Å²) in [6.45, 7) is 4.19. The first-order chi connectivity index (χ1) is 6.99. The molecule has 1 saturated heterocycles. The van der Waals surface area contributed by atoms with E-state index < -0.39 is 17.7 Å². The minimum absolute atomic E-state index is 0.189. The number of hydrogen-bond acceptors (Lipinski definition) is 3. The fraction of sp³-hybridized carbons (Fsp3) is 0.900. The summed E-state index contributed by atoms with van der Waals surface area (Å²) in [6.07, 6.45) is -1.13. The van der Waals surface area contributed by atoms with Crippen molar-refractivity contribution in [1.29, 1.82) is 0 Å². The highest BCUT2D eigenvalue weighted by Crippen LogP contribution is 2.27. The first kappa shape index (κ1) is 12.4. The van der Waals surface area contributed by atoms with Crippen LogP contribution >= 0.6 is 0 Å². The Morgan fingerprint density at radius 3 is 2.73 bits per heavy atom. The number of carbonyl (C=O) groups is 1. The lowest BCUT2D eigenvalue weighted by Gasteiger charge is -2.27. The van der Waals surface area contributed by atoms with Gasteiger partial charge in [-0.25, -0.2) is 9.18 Å². The average molecular weight is 219 g/mol. The number of nitrogens with zero attached hydrogens (tertiary/aromatic N) is 1. The van der Waals surface area contributed by atoms with E-state index in [0.29, 0.717) is 13.0 Å². The molecule has 0 aromatic heterocycles. The molecule has 4 nitrogen and oxygen atoms in total. The van der Waals surface area contributed by atoms with Gasteiger partial charge in [0.15, 0.2) is 0 Å². The second-order valence-electron chi connectivity index (χ2n) is 4.09. The van der Waals surface area contributed by atoms with Gasteiger partial charge in [-0.1, -0.05) is 6.92 Å². The van der Waals surface area contributed by atoms with Gasteiger partial charge in [0.2, 0.25) is 6.17 Å². The van der Waals surface area contributed by atoms with Crippen molar-refractivity contribution < 1.29 is 19.4 Å². The molecule has 2 N–H and O–H groups in total. The van der Waals surface area contributed by atoms with Crippen molar-refractivity contribution in [3.8, 4) is 0 Å². The van der Waals surface area contributed by atoms with Crippen molar-refractivity contribution in [2.45, 2.75) is 38.0 Å². The number of aliphatic hydroxyl groups is 1. The first-order valence-corrected chi connectivity index (χ1v) is 5.31. The summed E-state index contributed by atoms with van der Waals surface area (Å²) < 4.78 is 13.3. The normalized spacial score (nSPS) is 30.9. The van der Waals surface area contributed by atoms with Crippen LogP contribution < -0.4 is 0 Å². The molecule has 0 amide bonds. The highest BCUT2D eigenvalue weighted by atomic mass is 19.1. The van der Waals surface area contributed by atoms with Gasteiger partial charge in [-0.05, 0) is 32.4 Å². The molecular formula is C10H18FNO3. The summed E-state index contributed by atoms with van der Waals surface area (Å²) in [6, 6.07) is 0. The van der Waals surface area contributed by atoms with Gasteiger partial charge in [0.1, 0.15) is 5.60 Å². The number of likely N-dealkylation sites (tertiary alicyclic amines) is 1. The number of alkyl halides is 1. The number of rotatable bonds is 3. The van der Waals surface area contributed by atoms with Crippen LogP contribution in [0.2, 0.25) is 0 Å². The third-order valence-corrected chi connectivity index (χ3v) is 3.08. The molecule has 5 heteroatoms. The number of halogens is 1. The van der Waals surface area contributed by atoms with E-state index in [1.54, 1.807) is 0 Å². The van der Waals surface area contributed by atoms with Crippen molar-refractivity contribution in [3.05, 3.63) is 0 Å². The van der Waals surface area contributed by atoms with Crippen LogP contribution in [0, 0.1) is 0 Å². The summed E-state index contributed by atoms with van der Waals surface area (Å²) in [5.74, 6) is -1.57. The van der Waals surface area contributed by atoms with E-state index >= 15 is 0 Å². The fourth-order valence-electron chi connectivity index (χ4n) is 2.00. The Morgan fingerprint density at radius 1 is 1.53 bits per heavy atom. The summed E-state index contributed by atoms with van der Waals surface area (Å²) in [7, 11) is 0. The molecule has 1 aliphatic heterocycles. The van der Waals surface area contributed by atoms with Gasteiger partial charge in [-0.15, -0.1) is 0 Å². The Labute approximate surface area is 88.7 Å². The maximum absolute atomic E-state index is 13.3. The van der Waals surface area contributed by atoms with Crippen molar-refractivity contribution >= 4 is 5.97 Å². The van der Waals surface area contributed by atoms with E-state index in [-0.39, 0.29) is 12.8 Å². The van der Waals surface area contributed by atoms with Crippen molar-refractivity contribution in [2.75, 3.05) is 19.6 Å². The molecular weight excluding hydrogens is 201 g/mol. The highest BCUT2D eigenvalue weighted by molar-refractivity contribution is 5.73. The van der Waals surface area contributed by atoms with Gasteiger partial charge in [-0.3, -0.25) is 0 Å². The third kappa shape index (κ3) is 2.89. The lowest BCUT2D eigenvalue weighted by molar-refractivity contribution is -0.155. The summed E-state index contributed by atoms with van der Waals surface area (Å²) in [4.78, 5) is 12.6. The maximum atomic E-state index is 13.3. The molecule has 0 aromatic carbocycles. The molecule has 0 bridgehead atoms. The Bertz CT molecular complexity index is 237. The Morgan fingerprint density at radius 2 is 2.20 bits per heavy atom. The standard InChI is InChI=1S/C10H18FNO3/c1-2-12-6-3-4-10(15,5-7-12)8(11)9(13)14/h8,15H,2-7H2,1H3,(H,13,14). The fourth-order valence-corrected chi connectivity index (χ4v) is 2.00. The molecule has 2 atom stereocenters. The van der Waals surface area contributed by atoms with Crippen LogP contribution in [0.3, 0.4) is 0 Å².